The Bertz CT molecular complexity index is 548. The van der Waals surface area contributed by atoms with Crippen LogP contribution in [-0.2, 0) is 6.42 Å². The van der Waals surface area contributed by atoms with E-state index in [0.717, 1.165) is 46.7 Å². The Kier molecular flexibility index (Phi) is 3.84. The minimum atomic E-state index is 0.793. The van der Waals surface area contributed by atoms with Crippen LogP contribution in [0.5, 0.6) is 0 Å². The number of nitrogens with one attached hydrogen (secondary N) is 1. The zero-order valence-electron chi connectivity index (χ0n) is 11.1. The van der Waals surface area contributed by atoms with Gasteiger partial charge in [0.05, 0.1) is 0 Å². The lowest BCUT2D eigenvalue weighted by Crippen LogP contribution is -2.17. The summed E-state index contributed by atoms with van der Waals surface area (Å²) in [5, 5.41) is 14.1. The predicted molar refractivity (Wildman–Crippen MR) is 77.2 cm³/mol. The van der Waals surface area contributed by atoms with E-state index in [0.29, 0.717) is 0 Å². The van der Waals surface area contributed by atoms with Gasteiger partial charge in [-0.05, 0) is 44.4 Å². The Morgan fingerprint density at radius 2 is 2.26 bits per heavy atom. The lowest BCUT2D eigenvalue weighted by Gasteiger charge is -1.99. The largest absolute Gasteiger partial charge is 0.314 e. The van der Waals surface area contributed by atoms with Crippen LogP contribution >= 0.6 is 11.3 Å². The molecule has 3 rings (SSSR count). The van der Waals surface area contributed by atoms with E-state index in [1.54, 1.807) is 11.3 Å². The van der Waals surface area contributed by atoms with Gasteiger partial charge in [-0.25, -0.2) is 0 Å². The van der Waals surface area contributed by atoms with Gasteiger partial charge in [0.1, 0.15) is 10.7 Å². The number of hydrogen-bond acceptors (Lipinski definition) is 5. The highest BCUT2D eigenvalue weighted by atomic mass is 32.1. The molecule has 2 aromatic rings. The van der Waals surface area contributed by atoms with Crippen molar-refractivity contribution in [3.63, 3.8) is 0 Å². The Hall–Kier alpha value is -1.33. The first-order chi connectivity index (χ1) is 9.33. The Balaban J connectivity index is 1.57. The monoisotopic (exact) mass is 274 g/mol. The molecule has 100 valence electrons. The number of nitrogens with zero attached hydrogens (tertiary/aromatic N) is 3. The number of pyridine rings is 1. The molecule has 19 heavy (non-hydrogen) atoms. The third kappa shape index (κ3) is 3.36. The van der Waals surface area contributed by atoms with E-state index in [-0.39, 0.29) is 0 Å². The van der Waals surface area contributed by atoms with E-state index in [4.69, 9.17) is 0 Å². The third-order valence-corrected chi connectivity index (χ3v) is 4.25. The molecular weight excluding hydrogens is 256 g/mol. The summed E-state index contributed by atoms with van der Waals surface area (Å²) >= 11 is 1.66. The van der Waals surface area contributed by atoms with Gasteiger partial charge in [0.15, 0.2) is 5.01 Å². The van der Waals surface area contributed by atoms with Crippen molar-refractivity contribution in [2.45, 2.75) is 38.6 Å². The lowest BCUT2D eigenvalue weighted by molar-refractivity contribution is 0.643. The zero-order chi connectivity index (χ0) is 13.1. The molecule has 0 bridgehead atoms. The minimum absolute atomic E-state index is 0.793. The molecule has 4 nitrogen and oxygen atoms in total. The smallest absolute Gasteiger partial charge is 0.166 e. The summed E-state index contributed by atoms with van der Waals surface area (Å²) in [5.41, 5.74) is 2.11. The molecular formula is C14H18N4S. The van der Waals surface area contributed by atoms with Gasteiger partial charge in [-0.2, -0.15) is 0 Å². The number of hydrogen-bond donors (Lipinski definition) is 1. The summed E-state index contributed by atoms with van der Waals surface area (Å²) in [4.78, 5) is 4.39. The normalized spacial score (nSPS) is 14.8. The molecule has 0 spiro atoms. The molecule has 1 aliphatic carbocycles. The topological polar surface area (TPSA) is 50.7 Å². The van der Waals surface area contributed by atoms with Crippen LogP contribution in [0.15, 0.2) is 18.3 Å². The quantitative estimate of drug-likeness (QED) is 0.823. The van der Waals surface area contributed by atoms with Gasteiger partial charge in [-0.15, -0.1) is 10.2 Å². The SMILES string of the molecule is Cc1cccnc1-c1nnc(CCCNC2CC2)s1. The van der Waals surface area contributed by atoms with Crippen LogP contribution in [0.1, 0.15) is 29.8 Å². The Labute approximate surface area is 117 Å². The number of aromatic nitrogens is 3. The third-order valence-electron chi connectivity index (χ3n) is 3.26. The predicted octanol–water partition coefficient (Wildman–Crippen LogP) is 2.59. The van der Waals surface area contributed by atoms with E-state index in [1.807, 2.05) is 12.3 Å². The van der Waals surface area contributed by atoms with Crippen molar-refractivity contribution in [1.29, 1.82) is 0 Å². The average Bonchev–Trinajstić information content (AvgIpc) is 3.13. The number of aryl methyl sites for hydroxylation is 2. The molecule has 0 saturated heterocycles. The van der Waals surface area contributed by atoms with Crippen LogP contribution in [0, 0.1) is 6.92 Å². The van der Waals surface area contributed by atoms with Crippen LogP contribution in [0.25, 0.3) is 10.7 Å². The summed E-state index contributed by atoms with van der Waals surface area (Å²) < 4.78 is 0. The van der Waals surface area contributed by atoms with Crippen LogP contribution in [0.3, 0.4) is 0 Å². The molecule has 1 aliphatic rings. The van der Waals surface area contributed by atoms with E-state index >= 15 is 0 Å². The van der Waals surface area contributed by atoms with Crippen molar-refractivity contribution in [3.8, 4) is 10.7 Å². The fourth-order valence-corrected chi connectivity index (χ4v) is 2.94. The summed E-state index contributed by atoms with van der Waals surface area (Å²) in [6.07, 6.45) is 6.64. The molecule has 0 amide bonds. The van der Waals surface area contributed by atoms with Crippen molar-refractivity contribution in [2.24, 2.45) is 0 Å². The van der Waals surface area contributed by atoms with Crippen LogP contribution < -0.4 is 5.32 Å². The molecule has 0 aromatic carbocycles. The molecule has 0 unspecified atom stereocenters. The van der Waals surface area contributed by atoms with Gasteiger partial charge in [-0.1, -0.05) is 17.4 Å². The van der Waals surface area contributed by atoms with Gasteiger partial charge in [0.2, 0.25) is 0 Å². The summed E-state index contributed by atoms with van der Waals surface area (Å²) in [6.45, 7) is 3.14. The first kappa shape index (κ1) is 12.7. The maximum atomic E-state index is 4.39. The average molecular weight is 274 g/mol. The van der Waals surface area contributed by atoms with E-state index in [9.17, 15) is 0 Å². The molecule has 2 heterocycles. The van der Waals surface area contributed by atoms with Crippen LogP contribution in [0.4, 0.5) is 0 Å². The molecule has 2 aromatic heterocycles. The van der Waals surface area contributed by atoms with Gasteiger partial charge >= 0.3 is 0 Å². The van der Waals surface area contributed by atoms with E-state index < -0.39 is 0 Å². The van der Waals surface area contributed by atoms with Gasteiger partial charge in [-0.3, -0.25) is 4.98 Å². The van der Waals surface area contributed by atoms with Gasteiger partial charge in [0, 0.05) is 18.7 Å². The molecule has 1 saturated carbocycles. The Morgan fingerprint density at radius 3 is 3.05 bits per heavy atom. The second-order valence-electron chi connectivity index (χ2n) is 5.00. The second kappa shape index (κ2) is 5.75. The molecule has 0 radical (unpaired) electrons. The minimum Gasteiger partial charge on any atom is -0.314 e. The molecule has 1 fully saturated rings. The first-order valence-corrected chi connectivity index (χ1v) is 7.62. The van der Waals surface area contributed by atoms with Gasteiger partial charge < -0.3 is 5.32 Å². The highest BCUT2D eigenvalue weighted by Crippen LogP contribution is 2.24. The number of rotatable bonds is 6. The van der Waals surface area contributed by atoms with Crippen LogP contribution in [0.2, 0.25) is 0 Å². The van der Waals surface area contributed by atoms with Crippen molar-refractivity contribution < 1.29 is 0 Å². The summed E-state index contributed by atoms with van der Waals surface area (Å²) in [6, 6.07) is 4.80. The van der Waals surface area contributed by atoms with Crippen molar-refractivity contribution in [1.82, 2.24) is 20.5 Å². The molecule has 0 atom stereocenters. The van der Waals surface area contributed by atoms with Gasteiger partial charge in [0.25, 0.3) is 0 Å². The molecule has 5 heteroatoms. The maximum Gasteiger partial charge on any atom is 0.166 e. The lowest BCUT2D eigenvalue weighted by atomic mass is 10.2. The Morgan fingerprint density at radius 1 is 1.37 bits per heavy atom. The van der Waals surface area contributed by atoms with Crippen molar-refractivity contribution in [2.75, 3.05) is 6.54 Å². The summed E-state index contributed by atoms with van der Waals surface area (Å²) in [5.74, 6) is 0. The standard InChI is InChI=1S/C14H18N4S/c1-10-4-2-9-16-13(10)14-18-17-12(19-14)5-3-8-15-11-6-7-11/h2,4,9,11,15H,3,5-8H2,1H3. The van der Waals surface area contributed by atoms with E-state index in [1.165, 1.54) is 12.8 Å². The summed E-state index contributed by atoms with van der Waals surface area (Å²) in [7, 11) is 0. The zero-order valence-corrected chi connectivity index (χ0v) is 11.9. The highest BCUT2D eigenvalue weighted by molar-refractivity contribution is 7.14. The van der Waals surface area contributed by atoms with Crippen molar-refractivity contribution in [3.05, 3.63) is 28.9 Å². The fourth-order valence-electron chi connectivity index (χ4n) is 1.99. The highest BCUT2D eigenvalue weighted by Gasteiger charge is 2.19. The maximum absolute atomic E-state index is 4.39. The molecule has 0 aliphatic heterocycles. The fraction of sp³-hybridized carbons (Fsp3) is 0.500. The van der Waals surface area contributed by atoms with Crippen molar-refractivity contribution >= 4 is 11.3 Å². The first-order valence-electron chi connectivity index (χ1n) is 6.80. The van der Waals surface area contributed by atoms with Crippen LogP contribution in [-0.4, -0.2) is 27.8 Å². The van der Waals surface area contributed by atoms with E-state index in [2.05, 4.69) is 33.5 Å². The molecule has 1 N–H and O–H groups in total. The second-order valence-corrected chi connectivity index (χ2v) is 6.06.